The zero-order valence-corrected chi connectivity index (χ0v) is 11.1. The number of nitrogens with one attached hydrogen (secondary N) is 1. The Morgan fingerprint density at radius 3 is 2.75 bits per heavy atom. The molecule has 3 unspecified atom stereocenters. The molecular formula is C13H25NOS. The van der Waals surface area contributed by atoms with E-state index in [-0.39, 0.29) is 0 Å². The van der Waals surface area contributed by atoms with Gasteiger partial charge >= 0.3 is 0 Å². The first-order valence-corrected chi connectivity index (χ1v) is 7.81. The highest BCUT2D eigenvalue weighted by atomic mass is 32.2. The van der Waals surface area contributed by atoms with E-state index in [0.717, 1.165) is 16.9 Å². The van der Waals surface area contributed by atoms with Crippen LogP contribution in [0.3, 0.4) is 0 Å². The summed E-state index contributed by atoms with van der Waals surface area (Å²) in [4.78, 5) is 0. The zero-order chi connectivity index (χ0) is 11.4. The number of thioether (sulfide) groups is 1. The second kappa shape index (κ2) is 6.27. The Labute approximate surface area is 104 Å². The molecule has 2 aliphatic carbocycles. The summed E-state index contributed by atoms with van der Waals surface area (Å²) in [5.74, 6) is 2.00. The van der Waals surface area contributed by atoms with E-state index < -0.39 is 0 Å². The van der Waals surface area contributed by atoms with E-state index in [1.54, 1.807) is 0 Å². The van der Waals surface area contributed by atoms with Crippen LogP contribution in [0.15, 0.2) is 0 Å². The van der Waals surface area contributed by atoms with Gasteiger partial charge in [-0.25, -0.2) is 0 Å². The van der Waals surface area contributed by atoms with Crippen LogP contribution in [-0.2, 0) is 0 Å². The van der Waals surface area contributed by atoms with Gasteiger partial charge in [-0.2, -0.15) is 11.8 Å². The average Bonchev–Trinajstić information content (AvgIpc) is 3.08. The van der Waals surface area contributed by atoms with Crippen molar-refractivity contribution in [3.05, 3.63) is 0 Å². The molecule has 0 saturated heterocycles. The van der Waals surface area contributed by atoms with Crippen LogP contribution in [0, 0.1) is 5.92 Å². The summed E-state index contributed by atoms with van der Waals surface area (Å²) in [7, 11) is 0. The van der Waals surface area contributed by atoms with E-state index in [2.05, 4.69) is 24.0 Å². The molecule has 0 amide bonds. The molecule has 3 heteroatoms. The third-order valence-corrected chi connectivity index (χ3v) is 5.18. The van der Waals surface area contributed by atoms with Gasteiger partial charge in [0, 0.05) is 23.1 Å². The largest absolute Gasteiger partial charge is 0.395 e. The minimum Gasteiger partial charge on any atom is -0.395 e. The second-order valence-electron chi connectivity index (χ2n) is 5.55. The lowest BCUT2D eigenvalue weighted by atomic mass is 9.91. The normalized spacial score (nSPS) is 32.6. The third-order valence-electron chi connectivity index (χ3n) is 3.69. The predicted molar refractivity (Wildman–Crippen MR) is 70.9 cm³/mol. The van der Waals surface area contributed by atoms with Gasteiger partial charge < -0.3 is 10.4 Å². The van der Waals surface area contributed by atoms with Crippen molar-refractivity contribution in [2.45, 2.75) is 62.8 Å². The van der Waals surface area contributed by atoms with Gasteiger partial charge in [0.2, 0.25) is 0 Å². The Bertz CT molecular complexity index is 204. The van der Waals surface area contributed by atoms with Crippen LogP contribution in [0.25, 0.3) is 0 Å². The SMILES string of the molecule is CC1CCCC(SCC(CO)NC2CC2)C1. The van der Waals surface area contributed by atoms with Crippen LogP contribution < -0.4 is 5.32 Å². The molecule has 0 aromatic carbocycles. The van der Waals surface area contributed by atoms with Gasteiger partial charge in [-0.3, -0.25) is 0 Å². The minimum atomic E-state index is 0.297. The standard InChI is InChI=1S/C13H25NOS/c1-10-3-2-4-13(7-10)16-9-12(8-15)14-11-5-6-11/h10-15H,2-9H2,1H3. The van der Waals surface area contributed by atoms with Gasteiger partial charge in [0.25, 0.3) is 0 Å². The maximum absolute atomic E-state index is 9.31. The molecule has 0 bridgehead atoms. The summed E-state index contributed by atoms with van der Waals surface area (Å²) >= 11 is 2.08. The molecule has 94 valence electrons. The molecule has 3 atom stereocenters. The molecule has 0 spiro atoms. The maximum atomic E-state index is 9.31. The third kappa shape index (κ3) is 4.27. The van der Waals surface area contributed by atoms with E-state index >= 15 is 0 Å². The van der Waals surface area contributed by atoms with Crippen molar-refractivity contribution in [2.75, 3.05) is 12.4 Å². The smallest absolute Gasteiger partial charge is 0.0592 e. The Kier molecular flexibility index (Phi) is 4.98. The van der Waals surface area contributed by atoms with E-state index in [0.29, 0.717) is 18.7 Å². The van der Waals surface area contributed by atoms with Crippen molar-refractivity contribution in [3.63, 3.8) is 0 Å². The Balaban J connectivity index is 1.63. The maximum Gasteiger partial charge on any atom is 0.0592 e. The quantitative estimate of drug-likeness (QED) is 0.751. The lowest BCUT2D eigenvalue weighted by molar-refractivity contribution is 0.252. The van der Waals surface area contributed by atoms with Crippen molar-refractivity contribution >= 4 is 11.8 Å². The van der Waals surface area contributed by atoms with Crippen LogP contribution in [0.1, 0.15) is 45.4 Å². The predicted octanol–water partition coefficient (Wildman–Crippen LogP) is 2.41. The fraction of sp³-hybridized carbons (Fsp3) is 1.00. The molecular weight excluding hydrogens is 218 g/mol. The van der Waals surface area contributed by atoms with E-state index in [9.17, 15) is 5.11 Å². The summed E-state index contributed by atoms with van der Waals surface area (Å²) in [5, 5.41) is 13.7. The van der Waals surface area contributed by atoms with Crippen molar-refractivity contribution in [3.8, 4) is 0 Å². The van der Waals surface area contributed by atoms with Crippen LogP contribution in [0.4, 0.5) is 0 Å². The van der Waals surface area contributed by atoms with Gasteiger partial charge in [-0.05, 0) is 31.6 Å². The topological polar surface area (TPSA) is 32.3 Å². The molecule has 2 rings (SSSR count). The minimum absolute atomic E-state index is 0.297. The van der Waals surface area contributed by atoms with Crippen LogP contribution in [-0.4, -0.2) is 34.8 Å². The van der Waals surface area contributed by atoms with Crippen molar-refractivity contribution in [1.29, 1.82) is 0 Å². The van der Waals surface area contributed by atoms with E-state index in [1.807, 2.05) is 0 Å². The molecule has 16 heavy (non-hydrogen) atoms. The van der Waals surface area contributed by atoms with Gasteiger partial charge in [0.15, 0.2) is 0 Å². The lowest BCUT2D eigenvalue weighted by Gasteiger charge is -2.27. The number of hydrogen-bond donors (Lipinski definition) is 2. The zero-order valence-electron chi connectivity index (χ0n) is 10.3. The monoisotopic (exact) mass is 243 g/mol. The highest BCUT2D eigenvalue weighted by molar-refractivity contribution is 7.99. The fourth-order valence-corrected chi connectivity index (χ4v) is 4.02. The Morgan fingerprint density at radius 1 is 1.31 bits per heavy atom. The number of aliphatic hydroxyl groups is 1. The Hall–Kier alpha value is 0.270. The first-order chi connectivity index (χ1) is 7.78. The summed E-state index contributed by atoms with van der Waals surface area (Å²) in [6, 6.07) is 1.04. The molecule has 0 aliphatic heterocycles. The first-order valence-electron chi connectivity index (χ1n) is 6.76. The number of rotatable bonds is 6. The molecule has 2 nitrogen and oxygen atoms in total. The van der Waals surface area contributed by atoms with Crippen LogP contribution in [0.2, 0.25) is 0 Å². The van der Waals surface area contributed by atoms with Crippen LogP contribution >= 0.6 is 11.8 Å². The van der Waals surface area contributed by atoms with E-state index in [1.165, 1.54) is 38.5 Å². The first kappa shape index (κ1) is 12.7. The summed E-state index contributed by atoms with van der Waals surface area (Å²) in [6.07, 6.45) is 8.20. The highest BCUT2D eigenvalue weighted by Gasteiger charge is 2.25. The van der Waals surface area contributed by atoms with Gasteiger partial charge in [-0.15, -0.1) is 0 Å². The molecule has 2 saturated carbocycles. The van der Waals surface area contributed by atoms with Crippen LogP contribution in [0.5, 0.6) is 0 Å². The summed E-state index contributed by atoms with van der Waals surface area (Å²) in [5.41, 5.74) is 0. The molecule has 2 fully saturated rings. The molecule has 2 aliphatic rings. The lowest BCUT2D eigenvalue weighted by Crippen LogP contribution is -2.37. The number of hydrogen-bond acceptors (Lipinski definition) is 3. The van der Waals surface area contributed by atoms with Gasteiger partial charge in [0.1, 0.15) is 0 Å². The molecule has 0 aromatic heterocycles. The van der Waals surface area contributed by atoms with E-state index in [4.69, 9.17) is 0 Å². The number of aliphatic hydroxyl groups excluding tert-OH is 1. The fourth-order valence-electron chi connectivity index (χ4n) is 2.52. The van der Waals surface area contributed by atoms with Gasteiger partial charge in [-0.1, -0.05) is 19.8 Å². The summed E-state index contributed by atoms with van der Waals surface area (Å²) in [6.45, 7) is 2.67. The van der Waals surface area contributed by atoms with Crippen molar-refractivity contribution in [2.24, 2.45) is 5.92 Å². The van der Waals surface area contributed by atoms with Crippen molar-refractivity contribution in [1.82, 2.24) is 5.32 Å². The molecule has 0 radical (unpaired) electrons. The molecule has 0 heterocycles. The molecule has 2 N–H and O–H groups in total. The van der Waals surface area contributed by atoms with Gasteiger partial charge in [0.05, 0.1) is 6.61 Å². The highest BCUT2D eigenvalue weighted by Crippen LogP contribution is 2.32. The second-order valence-corrected chi connectivity index (χ2v) is 6.88. The summed E-state index contributed by atoms with van der Waals surface area (Å²) < 4.78 is 0. The average molecular weight is 243 g/mol. The van der Waals surface area contributed by atoms with Crippen molar-refractivity contribution < 1.29 is 5.11 Å². The molecule has 0 aromatic rings. The Morgan fingerprint density at radius 2 is 2.12 bits per heavy atom.